The van der Waals surface area contributed by atoms with Crippen LogP contribution in [0, 0.1) is 0 Å². The maximum atomic E-state index is 13.8. The van der Waals surface area contributed by atoms with Crippen LogP contribution in [0.15, 0.2) is 96.6 Å². The fourth-order valence-electron chi connectivity index (χ4n) is 5.27. The van der Waals surface area contributed by atoms with Crippen LogP contribution in [-0.2, 0) is 16.2 Å². The van der Waals surface area contributed by atoms with Gasteiger partial charge in [0.05, 0.1) is 35.5 Å². The third-order valence-electron chi connectivity index (χ3n) is 7.60. The maximum Gasteiger partial charge on any atom is 0.301 e. The van der Waals surface area contributed by atoms with E-state index in [2.05, 4.69) is 11.9 Å². The van der Waals surface area contributed by atoms with Crippen LogP contribution < -0.4 is 19.1 Å². The molecule has 0 saturated carbocycles. The second-order valence-corrected chi connectivity index (χ2v) is 12.1. The summed E-state index contributed by atoms with van der Waals surface area (Å²) in [5, 5.41) is 12.5. The predicted octanol–water partition coefficient (Wildman–Crippen LogP) is 8.34. The molecule has 0 aliphatic carbocycles. The van der Waals surface area contributed by atoms with E-state index in [0.717, 1.165) is 23.1 Å². The van der Waals surface area contributed by atoms with Gasteiger partial charge in [-0.3, -0.25) is 14.5 Å². The van der Waals surface area contributed by atoms with Crippen LogP contribution in [0.4, 0.5) is 5.13 Å². The molecule has 5 aromatic rings. The van der Waals surface area contributed by atoms with E-state index in [-0.39, 0.29) is 11.3 Å². The van der Waals surface area contributed by atoms with Crippen molar-refractivity contribution in [1.29, 1.82) is 0 Å². The quantitative estimate of drug-likeness (QED) is 0.0662. The molecule has 1 amide bonds. The van der Waals surface area contributed by atoms with Gasteiger partial charge in [0.1, 0.15) is 18.1 Å². The second-order valence-electron chi connectivity index (χ2n) is 10.7. The van der Waals surface area contributed by atoms with Crippen molar-refractivity contribution in [3.8, 4) is 17.2 Å². The Morgan fingerprint density at radius 1 is 0.957 bits per heavy atom. The first-order valence-electron chi connectivity index (χ1n) is 14.8. The van der Waals surface area contributed by atoms with Crippen LogP contribution in [0.5, 0.6) is 17.2 Å². The summed E-state index contributed by atoms with van der Waals surface area (Å²) in [6.07, 6.45) is 1.85. The summed E-state index contributed by atoms with van der Waals surface area (Å²) in [5.74, 6) is -0.525. The Labute approximate surface area is 275 Å². The molecular formula is C36H31ClN2O6S. The second kappa shape index (κ2) is 13.6. The number of unbranched alkanes of at least 4 members (excludes halogenated alkanes) is 1. The first kappa shape index (κ1) is 31.1. The Balaban J connectivity index is 1.45. The van der Waals surface area contributed by atoms with E-state index in [1.165, 1.54) is 23.3 Å². The third-order valence-corrected chi connectivity index (χ3v) is 8.86. The highest BCUT2D eigenvalue weighted by molar-refractivity contribution is 7.22. The monoisotopic (exact) mass is 654 g/mol. The lowest BCUT2D eigenvalue weighted by Gasteiger charge is -2.24. The molecule has 0 spiro atoms. The van der Waals surface area contributed by atoms with Crippen molar-refractivity contribution in [3.05, 3.63) is 118 Å². The van der Waals surface area contributed by atoms with Crippen LogP contribution in [0.1, 0.15) is 42.5 Å². The van der Waals surface area contributed by atoms with E-state index < -0.39 is 17.7 Å². The number of Topliss-reactive ketones (excluding diaryl/α,β-unsaturated/α-hetero) is 1. The number of hydrogen-bond donors (Lipinski definition) is 1. The number of amides is 1. The third kappa shape index (κ3) is 6.29. The number of aliphatic hydroxyl groups excluding tert-OH is 1. The number of fused-ring (bicyclic) bond motifs is 1. The minimum absolute atomic E-state index is 0.0759. The SMILES string of the molecule is CCCCOc1cccc(/C(O)=C2\C(=O)C(=O)N(c3nc4ccc(Cl)cc4s3)C2c2ccc(OCc3ccccc3)c(OC)c2)c1. The summed E-state index contributed by atoms with van der Waals surface area (Å²) >= 11 is 7.46. The smallest absolute Gasteiger partial charge is 0.301 e. The molecule has 0 radical (unpaired) electrons. The van der Waals surface area contributed by atoms with Gasteiger partial charge in [-0.25, -0.2) is 4.98 Å². The van der Waals surface area contributed by atoms with E-state index in [0.29, 0.717) is 57.3 Å². The topological polar surface area (TPSA) is 98.2 Å². The van der Waals surface area contributed by atoms with Crippen LogP contribution in [0.2, 0.25) is 5.02 Å². The molecule has 6 rings (SSSR count). The Bertz CT molecular complexity index is 1940. The first-order valence-corrected chi connectivity index (χ1v) is 16.0. The summed E-state index contributed by atoms with van der Waals surface area (Å²) in [4.78, 5) is 33.6. The number of hydrogen-bond acceptors (Lipinski definition) is 8. The Morgan fingerprint density at radius 2 is 1.78 bits per heavy atom. The summed E-state index contributed by atoms with van der Waals surface area (Å²) in [5.41, 5.74) is 2.41. The number of anilines is 1. The number of ketones is 1. The van der Waals surface area contributed by atoms with Crippen molar-refractivity contribution in [2.45, 2.75) is 32.4 Å². The van der Waals surface area contributed by atoms with Crippen LogP contribution in [-0.4, -0.2) is 35.5 Å². The minimum Gasteiger partial charge on any atom is -0.507 e. The van der Waals surface area contributed by atoms with Crippen molar-refractivity contribution >= 4 is 55.7 Å². The summed E-state index contributed by atoms with van der Waals surface area (Å²) in [6.45, 7) is 2.91. The number of carbonyl (C=O) groups is 2. The molecule has 234 valence electrons. The number of benzene rings is 4. The average molecular weight is 655 g/mol. The Kier molecular flexibility index (Phi) is 9.23. The largest absolute Gasteiger partial charge is 0.507 e. The van der Waals surface area contributed by atoms with E-state index in [9.17, 15) is 14.7 Å². The van der Waals surface area contributed by atoms with Gasteiger partial charge in [0.2, 0.25) is 0 Å². The minimum atomic E-state index is -1.02. The van der Waals surface area contributed by atoms with Gasteiger partial charge in [-0.05, 0) is 60.0 Å². The normalized spacial score (nSPS) is 15.8. The first-order chi connectivity index (χ1) is 22.4. The maximum absolute atomic E-state index is 13.8. The van der Waals surface area contributed by atoms with Crippen molar-refractivity contribution in [2.24, 2.45) is 0 Å². The van der Waals surface area contributed by atoms with Crippen LogP contribution >= 0.6 is 22.9 Å². The summed E-state index contributed by atoms with van der Waals surface area (Å²) in [7, 11) is 1.52. The molecule has 1 fully saturated rings. The number of rotatable bonds is 11. The fourth-order valence-corrected chi connectivity index (χ4v) is 6.53. The molecule has 1 aromatic heterocycles. The van der Waals surface area contributed by atoms with Crippen LogP contribution in [0.25, 0.3) is 16.0 Å². The lowest BCUT2D eigenvalue weighted by Crippen LogP contribution is -2.29. The van der Waals surface area contributed by atoms with Gasteiger partial charge in [-0.15, -0.1) is 0 Å². The van der Waals surface area contributed by atoms with Crippen molar-refractivity contribution < 1.29 is 28.9 Å². The van der Waals surface area contributed by atoms with Crippen molar-refractivity contribution in [2.75, 3.05) is 18.6 Å². The zero-order chi connectivity index (χ0) is 32.2. The summed E-state index contributed by atoms with van der Waals surface area (Å²) < 4.78 is 18.4. The highest BCUT2D eigenvalue weighted by atomic mass is 35.5. The zero-order valence-electron chi connectivity index (χ0n) is 25.2. The predicted molar refractivity (Wildman–Crippen MR) is 180 cm³/mol. The molecule has 4 aromatic carbocycles. The number of ether oxygens (including phenoxy) is 3. The Hall–Kier alpha value is -4.86. The van der Waals surface area contributed by atoms with Gasteiger partial charge in [0.15, 0.2) is 16.6 Å². The molecule has 10 heteroatoms. The number of thiazole rings is 1. The number of aliphatic hydroxyl groups is 1. The van der Waals surface area contributed by atoms with E-state index in [1.54, 1.807) is 60.7 Å². The molecule has 1 saturated heterocycles. The van der Waals surface area contributed by atoms with E-state index in [1.807, 2.05) is 30.3 Å². The van der Waals surface area contributed by atoms with Gasteiger partial charge >= 0.3 is 5.91 Å². The van der Waals surface area contributed by atoms with Gasteiger partial charge in [0.25, 0.3) is 5.78 Å². The number of aromatic nitrogens is 1. The zero-order valence-corrected chi connectivity index (χ0v) is 26.8. The average Bonchev–Trinajstić information content (AvgIpc) is 3.61. The standard InChI is InChI=1S/C36H31ClN2O6S/c1-3-4-17-44-26-12-8-11-24(18-26)33(40)31-32(23-13-16-28(29(19-23)43-2)45-21-22-9-6-5-7-10-22)39(35(42)34(31)41)36-38-27-15-14-25(37)20-30(27)46-36/h5-16,18-20,32,40H,3-4,17,21H2,1-2H3/b33-31+. The lowest BCUT2D eigenvalue weighted by atomic mass is 9.95. The van der Waals surface area contributed by atoms with Crippen molar-refractivity contribution in [1.82, 2.24) is 4.98 Å². The number of methoxy groups -OCH3 is 1. The fraction of sp³-hybridized carbons (Fsp3) is 0.194. The lowest BCUT2D eigenvalue weighted by molar-refractivity contribution is -0.132. The molecular weight excluding hydrogens is 624 g/mol. The molecule has 1 atom stereocenters. The van der Waals surface area contributed by atoms with Crippen LogP contribution in [0.3, 0.4) is 0 Å². The Morgan fingerprint density at radius 3 is 2.57 bits per heavy atom. The molecule has 1 N–H and O–H groups in total. The number of nitrogens with zero attached hydrogens (tertiary/aromatic N) is 2. The molecule has 1 aliphatic heterocycles. The van der Waals surface area contributed by atoms with E-state index in [4.69, 9.17) is 25.8 Å². The van der Waals surface area contributed by atoms with Gasteiger partial charge < -0.3 is 19.3 Å². The van der Waals surface area contributed by atoms with Gasteiger partial charge in [-0.1, -0.05) is 84.8 Å². The molecule has 1 aliphatic rings. The molecule has 46 heavy (non-hydrogen) atoms. The number of carbonyl (C=O) groups excluding carboxylic acids is 2. The molecule has 1 unspecified atom stereocenters. The van der Waals surface area contributed by atoms with E-state index >= 15 is 0 Å². The van der Waals surface area contributed by atoms with Crippen molar-refractivity contribution in [3.63, 3.8) is 0 Å². The highest BCUT2D eigenvalue weighted by Gasteiger charge is 2.48. The highest BCUT2D eigenvalue weighted by Crippen LogP contribution is 2.46. The number of halogens is 1. The van der Waals surface area contributed by atoms with Gasteiger partial charge in [0, 0.05) is 10.6 Å². The summed E-state index contributed by atoms with van der Waals surface area (Å²) in [6, 6.07) is 26.0. The molecule has 8 nitrogen and oxygen atoms in total. The molecule has 0 bridgehead atoms. The van der Waals surface area contributed by atoms with Gasteiger partial charge in [-0.2, -0.15) is 0 Å². The molecule has 2 heterocycles.